The maximum atomic E-state index is 11.2. The summed E-state index contributed by atoms with van der Waals surface area (Å²) in [5.41, 5.74) is 1.55. The smallest absolute Gasteiger partial charge is 0.339 e. The van der Waals surface area contributed by atoms with Crippen molar-refractivity contribution in [2.45, 2.75) is 13.8 Å². The molecule has 0 atom stereocenters. The number of aryl methyl sites for hydroxylation is 2. The number of hydrogen-bond donors (Lipinski definition) is 1. The normalized spacial score (nSPS) is 10.5. The summed E-state index contributed by atoms with van der Waals surface area (Å²) in [5, 5.41) is 13.7. The van der Waals surface area contributed by atoms with E-state index in [1.165, 1.54) is 12.1 Å². The predicted octanol–water partition coefficient (Wildman–Crippen LogP) is 3.18. The van der Waals surface area contributed by atoms with Crippen molar-refractivity contribution in [2.75, 3.05) is 0 Å². The van der Waals surface area contributed by atoms with Gasteiger partial charge in [-0.3, -0.25) is 4.68 Å². The monoisotopic (exact) mass is 280 g/mol. The molecule has 19 heavy (non-hydrogen) atoms. The number of aromatic carboxylic acids is 1. The summed E-state index contributed by atoms with van der Waals surface area (Å²) in [6.07, 6.45) is 0. The molecule has 0 aliphatic heterocycles. The first-order valence-corrected chi connectivity index (χ1v) is 5.99. The minimum Gasteiger partial charge on any atom is -0.478 e. The number of carbonyl (C=O) groups is 1. The van der Waals surface area contributed by atoms with Crippen LogP contribution in [-0.4, -0.2) is 20.9 Å². The van der Waals surface area contributed by atoms with Crippen LogP contribution in [0, 0.1) is 13.8 Å². The SMILES string of the molecule is Cc1nn(C)c(C)c1Oc1ccc(Cl)cc1C(=O)O. The molecule has 1 aromatic carbocycles. The van der Waals surface area contributed by atoms with E-state index in [2.05, 4.69) is 5.10 Å². The third-order valence-corrected chi connectivity index (χ3v) is 3.06. The second kappa shape index (κ2) is 4.93. The molecule has 0 amide bonds. The average molecular weight is 281 g/mol. The number of aromatic nitrogens is 2. The van der Waals surface area contributed by atoms with Crippen LogP contribution < -0.4 is 4.74 Å². The Morgan fingerprint density at radius 2 is 2.11 bits per heavy atom. The number of carboxylic acids is 1. The Morgan fingerprint density at radius 1 is 1.42 bits per heavy atom. The van der Waals surface area contributed by atoms with Crippen molar-refractivity contribution < 1.29 is 14.6 Å². The van der Waals surface area contributed by atoms with Crippen molar-refractivity contribution in [3.05, 3.63) is 40.2 Å². The number of rotatable bonds is 3. The summed E-state index contributed by atoms with van der Waals surface area (Å²) in [6, 6.07) is 4.49. The molecule has 2 aromatic rings. The van der Waals surface area contributed by atoms with Gasteiger partial charge in [0, 0.05) is 12.1 Å². The van der Waals surface area contributed by atoms with Gasteiger partial charge in [-0.1, -0.05) is 11.6 Å². The minimum absolute atomic E-state index is 0.0233. The number of benzene rings is 1. The van der Waals surface area contributed by atoms with Gasteiger partial charge in [0.1, 0.15) is 17.0 Å². The lowest BCUT2D eigenvalue weighted by atomic mass is 10.2. The highest BCUT2D eigenvalue weighted by molar-refractivity contribution is 6.31. The van der Waals surface area contributed by atoms with Crippen LogP contribution in [0.1, 0.15) is 21.7 Å². The van der Waals surface area contributed by atoms with Gasteiger partial charge in [0.15, 0.2) is 5.75 Å². The molecule has 0 unspecified atom stereocenters. The highest BCUT2D eigenvalue weighted by Crippen LogP contribution is 2.31. The third-order valence-electron chi connectivity index (χ3n) is 2.83. The summed E-state index contributed by atoms with van der Waals surface area (Å²) in [6.45, 7) is 3.66. The van der Waals surface area contributed by atoms with Crippen LogP contribution in [0.5, 0.6) is 11.5 Å². The molecule has 0 spiro atoms. The van der Waals surface area contributed by atoms with Crippen LogP contribution in [-0.2, 0) is 7.05 Å². The van der Waals surface area contributed by atoms with Crippen molar-refractivity contribution in [3.8, 4) is 11.5 Å². The van der Waals surface area contributed by atoms with Gasteiger partial charge in [-0.2, -0.15) is 5.10 Å². The first-order valence-electron chi connectivity index (χ1n) is 5.61. The number of halogens is 1. The van der Waals surface area contributed by atoms with Gasteiger partial charge in [-0.15, -0.1) is 0 Å². The van der Waals surface area contributed by atoms with Gasteiger partial charge in [-0.25, -0.2) is 4.79 Å². The highest BCUT2D eigenvalue weighted by Gasteiger charge is 2.17. The molecule has 0 aliphatic carbocycles. The van der Waals surface area contributed by atoms with E-state index < -0.39 is 5.97 Å². The largest absolute Gasteiger partial charge is 0.478 e. The topological polar surface area (TPSA) is 64.4 Å². The Hall–Kier alpha value is -2.01. The van der Waals surface area contributed by atoms with E-state index in [4.69, 9.17) is 21.4 Å². The molecule has 0 bridgehead atoms. The second-order valence-electron chi connectivity index (χ2n) is 4.17. The molecule has 1 aromatic heterocycles. The Balaban J connectivity index is 2.46. The Bertz CT molecular complexity index is 650. The molecule has 6 heteroatoms. The van der Waals surface area contributed by atoms with Gasteiger partial charge >= 0.3 is 5.97 Å². The summed E-state index contributed by atoms with van der Waals surface area (Å²) >= 11 is 5.80. The van der Waals surface area contributed by atoms with Crippen molar-refractivity contribution in [1.29, 1.82) is 0 Å². The standard InChI is InChI=1S/C13H13ClN2O3/c1-7-12(8(2)16(3)15-7)19-11-5-4-9(14)6-10(11)13(17)18/h4-6H,1-3H3,(H,17,18). The molecular formula is C13H13ClN2O3. The number of ether oxygens (including phenoxy) is 1. The maximum Gasteiger partial charge on any atom is 0.339 e. The molecule has 100 valence electrons. The molecule has 1 heterocycles. The van der Waals surface area contributed by atoms with E-state index in [0.29, 0.717) is 16.5 Å². The zero-order chi connectivity index (χ0) is 14.2. The molecule has 0 radical (unpaired) electrons. The number of hydrogen-bond acceptors (Lipinski definition) is 3. The Morgan fingerprint density at radius 3 is 2.63 bits per heavy atom. The van der Waals surface area contributed by atoms with Gasteiger partial charge < -0.3 is 9.84 Å². The first-order chi connectivity index (χ1) is 8.90. The fraction of sp³-hybridized carbons (Fsp3) is 0.231. The maximum absolute atomic E-state index is 11.2. The molecule has 0 aliphatic rings. The number of carboxylic acid groups (broad SMARTS) is 1. The van der Waals surface area contributed by atoms with E-state index in [1.807, 2.05) is 6.92 Å². The van der Waals surface area contributed by atoms with E-state index in [0.717, 1.165) is 5.69 Å². The van der Waals surface area contributed by atoms with Crippen LogP contribution in [0.2, 0.25) is 5.02 Å². The van der Waals surface area contributed by atoms with E-state index in [-0.39, 0.29) is 11.3 Å². The highest BCUT2D eigenvalue weighted by atomic mass is 35.5. The van der Waals surface area contributed by atoms with E-state index >= 15 is 0 Å². The van der Waals surface area contributed by atoms with Gasteiger partial charge in [0.2, 0.25) is 0 Å². The Labute approximate surface area is 115 Å². The lowest BCUT2D eigenvalue weighted by Crippen LogP contribution is -2.00. The summed E-state index contributed by atoms with van der Waals surface area (Å²) in [5.74, 6) is -0.278. The fourth-order valence-corrected chi connectivity index (χ4v) is 1.94. The summed E-state index contributed by atoms with van der Waals surface area (Å²) in [4.78, 5) is 11.2. The summed E-state index contributed by atoms with van der Waals surface area (Å²) < 4.78 is 7.37. The van der Waals surface area contributed by atoms with E-state index in [1.54, 1.807) is 24.7 Å². The van der Waals surface area contributed by atoms with Crippen LogP contribution in [0.4, 0.5) is 0 Å². The Kier molecular flexibility index (Phi) is 3.48. The van der Waals surface area contributed by atoms with Gasteiger partial charge in [0.25, 0.3) is 0 Å². The molecule has 0 saturated carbocycles. The lowest BCUT2D eigenvalue weighted by molar-refractivity contribution is 0.0694. The molecule has 1 N–H and O–H groups in total. The van der Waals surface area contributed by atoms with Crippen molar-refractivity contribution in [3.63, 3.8) is 0 Å². The van der Waals surface area contributed by atoms with Crippen LogP contribution in [0.3, 0.4) is 0 Å². The molecule has 0 fully saturated rings. The van der Waals surface area contributed by atoms with Crippen molar-refractivity contribution in [2.24, 2.45) is 7.05 Å². The van der Waals surface area contributed by atoms with Crippen LogP contribution in [0.25, 0.3) is 0 Å². The van der Waals surface area contributed by atoms with Gasteiger partial charge in [0.05, 0.1) is 5.69 Å². The molecule has 2 rings (SSSR count). The van der Waals surface area contributed by atoms with E-state index in [9.17, 15) is 4.79 Å². The summed E-state index contributed by atoms with van der Waals surface area (Å²) in [7, 11) is 1.80. The van der Waals surface area contributed by atoms with Crippen LogP contribution >= 0.6 is 11.6 Å². The first kappa shape index (κ1) is 13.4. The second-order valence-corrected chi connectivity index (χ2v) is 4.61. The minimum atomic E-state index is -1.09. The van der Waals surface area contributed by atoms with Crippen molar-refractivity contribution >= 4 is 17.6 Å². The average Bonchev–Trinajstić information content (AvgIpc) is 2.57. The van der Waals surface area contributed by atoms with Crippen molar-refractivity contribution in [1.82, 2.24) is 9.78 Å². The van der Waals surface area contributed by atoms with Gasteiger partial charge in [-0.05, 0) is 32.0 Å². The molecule has 5 nitrogen and oxygen atoms in total. The quantitative estimate of drug-likeness (QED) is 0.938. The molecular weight excluding hydrogens is 268 g/mol. The van der Waals surface area contributed by atoms with Crippen LogP contribution in [0.15, 0.2) is 18.2 Å². The predicted molar refractivity (Wildman–Crippen MR) is 71.2 cm³/mol. The zero-order valence-electron chi connectivity index (χ0n) is 10.8. The lowest BCUT2D eigenvalue weighted by Gasteiger charge is -2.09. The zero-order valence-corrected chi connectivity index (χ0v) is 11.5. The third kappa shape index (κ3) is 2.56. The molecule has 0 saturated heterocycles. The number of nitrogens with zero attached hydrogens (tertiary/aromatic N) is 2. The fourth-order valence-electron chi connectivity index (χ4n) is 1.77.